The lowest BCUT2D eigenvalue weighted by Crippen LogP contribution is -2.16. The van der Waals surface area contributed by atoms with Gasteiger partial charge in [-0.2, -0.15) is 0 Å². The highest BCUT2D eigenvalue weighted by Crippen LogP contribution is 2.33. The molecule has 0 spiro atoms. The van der Waals surface area contributed by atoms with E-state index >= 15 is 0 Å². The van der Waals surface area contributed by atoms with Crippen molar-refractivity contribution in [2.45, 2.75) is 16.2 Å². The van der Waals surface area contributed by atoms with Crippen LogP contribution in [0.3, 0.4) is 0 Å². The van der Waals surface area contributed by atoms with Crippen molar-refractivity contribution in [2.75, 3.05) is 5.73 Å². The molecule has 0 aliphatic heterocycles. The molecular formula is C13H10F3NOS. The van der Waals surface area contributed by atoms with E-state index in [1.54, 1.807) is 18.2 Å². The maximum absolute atomic E-state index is 12.0. The molecule has 0 amide bonds. The summed E-state index contributed by atoms with van der Waals surface area (Å²) in [6.45, 7) is 0. The fourth-order valence-electron chi connectivity index (χ4n) is 1.41. The Morgan fingerprint density at radius 2 is 1.58 bits per heavy atom. The van der Waals surface area contributed by atoms with Crippen LogP contribution in [0.25, 0.3) is 0 Å². The third-order valence-electron chi connectivity index (χ3n) is 2.20. The lowest BCUT2D eigenvalue weighted by atomic mass is 10.3. The minimum Gasteiger partial charge on any atom is -0.406 e. The number of anilines is 1. The van der Waals surface area contributed by atoms with Crippen LogP contribution in [0.1, 0.15) is 0 Å². The molecule has 0 atom stereocenters. The van der Waals surface area contributed by atoms with Gasteiger partial charge in [-0.1, -0.05) is 23.9 Å². The Hall–Kier alpha value is -1.82. The molecule has 0 fully saturated rings. The van der Waals surface area contributed by atoms with Crippen LogP contribution in [0.2, 0.25) is 0 Å². The van der Waals surface area contributed by atoms with Crippen molar-refractivity contribution in [3.05, 3.63) is 48.5 Å². The number of nitrogens with two attached hydrogens (primary N) is 1. The first-order chi connectivity index (χ1) is 8.94. The number of nitrogen functional groups attached to an aromatic ring is 1. The molecule has 2 rings (SSSR count). The molecule has 0 radical (unpaired) electrons. The van der Waals surface area contributed by atoms with Crippen LogP contribution in [0.5, 0.6) is 5.75 Å². The molecule has 2 aromatic rings. The summed E-state index contributed by atoms with van der Waals surface area (Å²) in [5.74, 6) is -0.238. The van der Waals surface area contributed by atoms with Gasteiger partial charge in [-0.25, -0.2) is 0 Å². The lowest BCUT2D eigenvalue weighted by molar-refractivity contribution is -0.274. The van der Waals surface area contributed by atoms with E-state index in [0.717, 1.165) is 9.79 Å². The van der Waals surface area contributed by atoms with E-state index in [2.05, 4.69) is 4.74 Å². The Kier molecular flexibility index (Phi) is 3.90. The van der Waals surface area contributed by atoms with Crippen molar-refractivity contribution in [1.82, 2.24) is 0 Å². The highest BCUT2D eigenvalue weighted by Gasteiger charge is 2.30. The number of hydrogen-bond donors (Lipinski definition) is 1. The fraction of sp³-hybridized carbons (Fsp3) is 0.0769. The zero-order chi connectivity index (χ0) is 13.9. The van der Waals surface area contributed by atoms with Gasteiger partial charge in [0.1, 0.15) is 5.75 Å². The summed E-state index contributed by atoms with van der Waals surface area (Å²) in [5, 5.41) is 0. The summed E-state index contributed by atoms with van der Waals surface area (Å²) in [6.07, 6.45) is -4.67. The van der Waals surface area contributed by atoms with Crippen LogP contribution < -0.4 is 10.5 Å². The van der Waals surface area contributed by atoms with Crippen molar-refractivity contribution < 1.29 is 17.9 Å². The number of rotatable bonds is 3. The Balaban J connectivity index is 2.09. The smallest absolute Gasteiger partial charge is 0.406 e. The lowest BCUT2D eigenvalue weighted by Gasteiger charge is -2.09. The zero-order valence-corrected chi connectivity index (χ0v) is 10.5. The highest BCUT2D eigenvalue weighted by molar-refractivity contribution is 7.99. The molecule has 6 heteroatoms. The minimum absolute atomic E-state index is 0.238. The normalized spacial score (nSPS) is 11.3. The Morgan fingerprint density at radius 3 is 2.16 bits per heavy atom. The van der Waals surface area contributed by atoms with Gasteiger partial charge in [0.15, 0.2) is 0 Å². The topological polar surface area (TPSA) is 35.2 Å². The van der Waals surface area contributed by atoms with Gasteiger partial charge in [0.25, 0.3) is 0 Å². The molecule has 0 aromatic heterocycles. The molecule has 19 heavy (non-hydrogen) atoms. The van der Waals surface area contributed by atoms with Gasteiger partial charge in [-0.05, 0) is 36.4 Å². The van der Waals surface area contributed by atoms with E-state index in [1.807, 2.05) is 18.2 Å². The molecule has 0 unspecified atom stereocenters. The third kappa shape index (κ3) is 4.10. The van der Waals surface area contributed by atoms with Crippen LogP contribution in [0.15, 0.2) is 58.3 Å². The van der Waals surface area contributed by atoms with E-state index in [0.29, 0.717) is 5.69 Å². The average Bonchev–Trinajstić information content (AvgIpc) is 2.33. The van der Waals surface area contributed by atoms with Crippen LogP contribution >= 0.6 is 11.8 Å². The van der Waals surface area contributed by atoms with Gasteiger partial charge in [0, 0.05) is 15.5 Å². The highest BCUT2D eigenvalue weighted by atomic mass is 32.2. The van der Waals surface area contributed by atoms with E-state index in [9.17, 15) is 13.2 Å². The Morgan fingerprint density at radius 1 is 0.947 bits per heavy atom. The van der Waals surface area contributed by atoms with E-state index in [-0.39, 0.29) is 5.75 Å². The quantitative estimate of drug-likeness (QED) is 0.853. The molecule has 0 saturated heterocycles. The van der Waals surface area contributed by atoms with E-state index in [4.69, 9.17) is 5.73 Å². The summed E-state index contributed by atoms with van der Waals surface area (Å²) in [6, 6.07) is 12.9. The summed E-state index contributed by atoms with van der Waals surface area (Å²) in [7, 11) is 0. The van der Waals surface area contributed by atoms with Gasteiger partial charge >= 0.3 is 6.36 Å². The van der Waals surface area contributed by atoms with Crippen molar-refractivity contribution >= 4 is 17.4 Å². The van der Waals surface area contributed by atoms with Crippen molar-refractivity contribution in [3.8, 4) is 5.75 Å². The first-order valence-corrected chi connectivity index (χ1v) is 6.14. The second-order valence-corrected chi connectivity index (χ2v) is 4.77. The van der Waals surface area contributed by atoms with Gasteiger partial charge in [-0.15, -0.1) is 13.2 Å². The Labute approximate surface area is 112 Å². The third-order valence-corrected chi connectivity index (χ3v) is 3.30. The van der Waals surface area contributed by atoms with Gasteiger partial charge in [0.05, 0.1) is 0 Å². The number of halogens is 3. The first kappa shape index (κ1) is 13.6. The van der Waals surface area contributed by atoms with Gasteiger partial charge < -0.3 is 10.5 Å². The largest absolute Gasteiger partial charge is 0.573 e. The number of ether oxygens (including phenoxy) is 1. The van der Waals surface area contributed by atoms with Gasteiger partial charge in [-0.3, -0.25) is 0 Å². The average molecular weight is 285 g/mol. The molecule has 2 N–H and O–H groups in total. The molecule has 0 heterocycles. The SMILES string of the molecule is Nc1ccccc1Sc1ccc(OC(F)(F)F)cc1. The molecular weight excluding hydrogens is 275 g/mol. The number of hydrogen-bond acceptors (Lipinski definition) is 3. The number of alkyl halides is 3. The first-order valence-electron chi connectivity index (χ1n) is 5.32. The molecule has 2 aromatic carbocycles. The molecule has 0 aliphatic carbocycles. The predicted octanol–water partition coefficient (Wildman–Crippen LogP) is 4.32. The van der Waals surface area contributed by atoms with Gasteiger partial charge in [0.2, 0.25) is 0 Å². The fourth-order valence-corrected chi connectivity index (χ4v) is 2.27. The number of para-hydroxylation sites is 1. The van der Waals surface area contributed by atoms with Crippen LogP contribution in [-0.2, 0) is 0 Å². The molecule has 0 aliphatic rings. The van der Waals surface area contributed by atoms with Crippen molar-refractivity contribution in [2.24, 2.45) is 0 Å². The van der Waals surface area contributed by atoms with Crippen LogP contribution in [0.4, 0.5) is 18.9 Å². The maximum Gasteiger partial charge on any atom is 0.573 e. The molecule has 100 valence electrons. The number of benzene rings is 2. The molecule has 0 saturated carbocycles. The summed E-state index contributed by atoms with van der Waals surface area (Å²) in [4.78, 5) is 1.64. The molecule has 0 bridgehead atoms. The standard InChI is InChI=1S/C13H10F3NOS/c14-13(15,16)18-9-5-7-10(8-6-9)19-12-4-2-1-3-11(12)17/h1-8H,17H2. The van der Waals surface area contributed by atoms with E-state index in [1.165, 1.54) is 23.9 Å². The van der Waals surface area contributed by atoms with Crippen molar-refractivity contribution in [1.29, 1.82) is 0 Å². The van der Waals surface area contributed by atoms with Crippen LogP contribution in [0, 0.1) is 0 Å². The zero-order valence-electron chi connectivity index (χ0n) is 9.65. The maximum atomic E-state index is 12.0. The second-order valence-electron chi connectivity index (χ2n) is 3.66. The second kappa shape index (κ2) is 5.44. The van der Waals surface area contributed by atoms with Crippen molar-refractivity contribution in [3.63, 3.8) is 0 Å². The Bertz CT molecular complexity index is 555. The summed E-state index contributed by atoms with van der Waals surface area (Å²) < 4.78 is 39.8. The van der Waals surface area contributed by atoms with Crippen LogP contribution in [-0.4, -0.2) is 6.36 Å². The predicted molar refractivity (Wildman–Crippen MR) is 68.1 cm³/mol. The van der Waals surface area contributed by atoms with E-state index < -0.39 is 6.36 Å². The summed E-state index contributed by atoms with van der Waals surface area (Å²) in [5.41, 5.74) is 6.42. The minimum atomic E-state index is -4.67. The molecule has 2 nitrogen and oxygen atoms in total. The summed E-state index contributed by atoms with van der Waals surface area (Å²) >= 11 is 1.38. The monoisotopic (exact) mass is 285 g/mol.